The fourth-order valence-corrected chi connectivity index (χ4v) is 3.04. The molecule has 1 N–H and O–H groups in total. The summed E-state index contributed by atoms with van der Waals surface area (Å²) in [7, 11) is 0. The van der Waals surface area contributed by atoms with Crippen molar-refractivity contribution >= 4 is 10.8 Å². The molecule has 0 bridgehead atoms. The van der Waals surface area contributed by atoms with Crippen molar-refractivity contribution in [3.05, 3.63) is 48.0 Å². The van der Waals surface area contributed by atoms with Gasteiger partial charge in [0.25, 0.3) is 0 Å². The lowest BCUT2D eigenvalue weighted by Gasteiger charge is -2.34. The van der Waals surface area contributed by atoms with Gasteiger partial charge in [-0.3, -0.25) is 0 Å². The molecule has 0 spiro atoms. The zero-order valence-corrected chi connectivity index (χ0v) is 13.1. The van der Waals surface area contributed by atoms with Crippen molar-refractivity contribution in [2.45, 2.75) is 32.7 Å². The third-order valence-electron chi connectivity index (χ3n) is 4.81. The number of nitrogens with one attached hydrogen (secondary N) is 1. The highest BCUT2D eigenvalue weighted by Crippen LogP contribution is 2.30. The molecule has 0 radical (unpaired) electrons. The Hall–Kier alpha value is -1.38. The second kappa shape index (κ2) is 6.17. The molecule has 21 heavy (non-hydrogen) atoms. The largest absolute Gasteiger partial charge is 0.381 e. The average Bonchev–Trinajstić information content (AvgIpc) is 2.53. The number of rotatable bonds is 4. The number of ether oxygens (including phenoxy) is 1. The molecular formula is C19H25NO. The summed E-state index contributed by atoms with van der Waals surface area (Å²) >= 11 is 0. The summed E-state index contributed by atoms with van der Waals surface area (Å²) in [5.74, 6) is 0. The van der Waals surface area contributed by atoms with Gasteiger partial charge in [0.05, 0.1) is 0 Å². The first-order valence-electron chi connectivity index (χ1n) is 7.96. The monoisotopic (exact) mass is 283 g/mol. The van der Waals surface area contributed by atoms with Crippen molar-refractivity contribution in [3.63, 3.8) is 0 Å². The summed E-state index contributed by atoms with van der Waals surface area (Å²) in [6.07, 6.45) is 2.31. The number of hydrogen-bond donors (Lipinski definition) is 1. The maximum absolute atomic E-state index is 5.48. The first-order valence-corrected chi connectivity index (χ1v) is 7.96. The van der Waals surface area contributed by atoms with Gasteiger partial charge < -0.3 is 10.1 Å². The molecule has 1 heterocycles. The molecule has 3 rings (SSSR count). The quantitative estimate of drug-likeness (QED) is 0.903. The van der Waals surface area contributed by atoms with Crippen LogP contribution in [0.15, 0.2) is 42.5 Å². The Morgan fingerprint density at radius 3 is 2.57 bits per heavy atom. The molecule has 0 aliphatic carbocycles. The van der Waals surface area contributed by atoms with E-state index < -0.39 is 0 Å². The van der Waals surface area contributed by atoms with Crippen LogP contribution >= 0.6 is 0 Å². The lowest BCUT2D eigenvalue weighted by atomic mass is 9.82. The van der Waals surface area contributed by atoms with Gasteiger partial charge in [0.1, 0.15) is 0 Å². The molecule has 1 aliphatic rings. The number of hydrogen-bond acceptors (Lipinski definition) is 2. The maximum atomic E-state index is 5.48. The lowest BCUT2D eigenvalue weighted by molar-refractivity contribution is 0.0231. The fraction of sp³-hybridized carbons (Fsp3) is 0.474. The van der Waals surface area contributed by atoms with Gasteiger partial charge in [0.15, 0.2) is 0 Å². The summed E-state index contributed by atoms with van der Waals surface area (Å²) in [6.45, 7) is 7.50. The third kappa shape index (κ3) is 3.45. The summed E-state index contributed by atoms with van der Waals surface area (Å²) in [6, 6.07) is 15.7. The maximum Gasteiger partial charge on any atom is 0.0471 e. The van der Waals surface area contributed by atoms with Gasteiger partial charge in [-0.1, -0.05) is 43.3 Å². The van der Waals surface area contributed by atoms with E-state index in [1.165, 1.54) is 16.3 Å². The predicted octanol–water partition coefficient (Wildman–Crippen LogP) is 4.31. The van der Waals surface area contributed by atoms with Gasteiger partial charge in [-0.15, -0.1) is 0 Å². The van der Waals surface area contributed by atoms with E-state index in [9.17, 15) is 0 Å². The fourth-order valence-electron chi connectivity index (χ4n) is 3.04. The Kier molecular flexibility index (Phi) is 4.27. The van der Waals surface area contributed by atoms with E-state index in [-0.39, 0.29) is 0 Å². The van der Waals surface area contributed by atoms with E-state index in [1.807, 2.05) is 0 Å². The Balaban J connectivity index is 1.67. The Morgan fingerprint density at radius 1 is 1.10 bits per heavy atom. The van der Waals surface area contributed by atoms with E-state index in [0.29, 0.717) is 11.5 Å². The number of benzene rings is 2. The molecule has 1 saturated heterocycles. The van der Waals surface area contributed by atoms with Gasteiger partial charge >= 0.3 is 0 Å². The number of fused-ring (bicyclic) bond motifs is 1. The van der Waals surface area contributed by atoms with Crippen LogP contribution in [0, 0.1) is 5.41 Å². The van der Waals surface area contributed by atoms with Crippen LogP contribution in [0.3, 0.4) is 0 Å². The van der Waals surface area contributed by atoms with Crippen molar-refractivity contribution in [2.75, 3.05) is 19.8 Å². The van der Waals surface area contributed by atoms with Gasteiger partial charge in [0.2, 0.25) is 0 Å². The second-order valence-corrected chi connectivity index (χ2v) is 6.63. The smallest absolute Gasteiger partial charge is 0.0471 e. The van der Waals surface area contributed by atoms with Crippen LogP contribution in [0.5, 0.6) is 0 Å². The average molecular weight is 283 g/mol. The Morgan fingerprint density at radius 2 is 1.81 bits per heavy atom. The van der Waals surface area contributed by atoms with Crippen LogP contribution in [0.25, 0.3) is 10.8 Å². The molecule has 0 saturated carbocycles. The van der Waals surface area contributed by atoms with Crippen LogP contribution in [0.4, 0.5) is 0 Å². The van der Waals surface area contributed by atoms with E-state index in [0.717, 1.165) is 32.6 Å². The van der Waals surface area contributed by atoms with Crippen molar-refractivity contribution in [1.29, 1.82) is 0 Å². The van der Waals surface area contributed by atoms with Crippen LogP contribution in [-0.2, 0) is 4.74 Å². The minimum Gasteiger partial charge on any atom is -0.381 e. The second-order valence-electron chi connectivity index (χ2n) is 6.63. The molecule has 2 aromatic rings. The minimum absolute atomic E-state index is 0.378. The predicted molar refractivity (Wildman–Crippen MR) is 88.5 cm³/mol. The van der Waals surface area contributed by atoms with E-state index in [4.69, 9.17) is 4.74 Å². The van der Waals surface area contributed by atoms with Crippen molar-refractivity contribution < 1.29 is 4.74 Å². The van der Waals surface area contributed by atoms with Crippen molar-refractivity contribution in [2.24, 2.45) is 5.41 Å². The SMILES string of the molecule is CC(NCC1(C)CCOCC1)c1ccc2ccccc2c1. The first kappa shape index (κ1) is 14.6. The van der Waals surface area contributed by atoms with Crippen LogP contribution in [-0.4, -0.2) is 19.8 Å². The van der Waals surface area contributed by atoms with Crippen molar-refractivity contribution in [1.82, 2.24) is 5.32 Å². The van der Waals surface area contributed by atoms with Crippen molar-refractivity contribution in [3.8, 4) is 0 Å². The third-order valence-corrected chi connectivity index (χ3v) is 4.81. The molecule has 1 atom stereocenters. The molecule has 0 aromatic heterocycles. The van der Waals surface area contributed by atoms with E-state index in [2.05, 4.69) is 61.6 Å². The molecule has 1 fully saturated rings. The highest BCUT2D eigenvalue weighted by molar-refractivity contribution is 5.83. The van der Waals surface area contributed by atoms with E-state index in [1.54, 1.807) is 0 Å². The molecule has 2 nitrogen and oxygen atoms in total. The molecule has 2 aromatic carbocycles. The Bertz CT molecular complexity index is 601. The zero-order valence-electron chi connectivity index (χ0n) is 13.1. The van der Waals surface area contributed by atoms with Crippen LogP contribution in [0.2, 0.25) is 0 Å². The molecule has 112 valence electrons. The zero-order chi connectivity index (χ0) is 14.7. The van der Waals surface area contributed by atoms with Gasteiger partial charge in [-0.05, 0) is 47.6 Å². The highest BCUT2D eigenvalue weighted by atomic mass is 16.5. The molecule has 1 aliphatic heterocycles. The standard InChI is InChI=1S/C19H25NO/c1-15(20-14-19(2)9-11-21-12-10-19)17-8-7-16-5-3-4-6-18(16)13-17/h3-8,13,15,20H,9-12,14H2,1-2H3. The molecular weight excluding hydrogens is 258 g/mol. The summed E-state index contributed by atoms with van der Waals surface area (Å²) in [5.41, 5.74) is 1.74. The molecule has 1 unspecified atom stereocenters. The minimum atomic E-state index is 0.378. The van der Waals surface area contributed by atoms with Gasteiger partial charge in [-0.25, -0.2) is 0 Å². The Labute approximate surface area is 127 Å². The normalized spacial score (nSPS) is 19.5. The summed E-state index contributed by atoms with van der Waals surface area (Å²) < 4.78 is 5.48. The summed E-state index contributed by atoms with van der Waals surface area (Å²) in [5, 5.41) is 6.35. The highest BCUT2D eigenvalue weighted by Gasteiger charge is 2.27. The topological polar surface area (TPSA) is 21.3 Å². The van der Waals surface area contributed by atoms with Crippen LogP contribution in [0.1, 0.15) is 38.3 Å². The van der Waals surface area contributed by atoms with Crippen LogP contribution < -0.4 is 5.32 Å². The van der Waals surface area contributed by atoms with E-state index >= 15 is 0 Å². The molecule has 2 heteroatoms. The summed E-state index contributed by atoms with van der Waals surface area (Å²) in [4.78, 5) is 0. The first-order chi connectivity index (χ1) is 10.2. The van der Waals surface area contributed by atoms with Gasteiger partial charge in [0, 0.05) is 25.8 Å². The molecule has 0 amide bonds. The van der Waals surface area contributed by atoms with Gasteiger partial charge in [-0.2, -0.15) is 0 Å². The lowest BCUT2D eigenvalue weighted by Crippen LogP contribution is -2.37.